The molecule has 1 amide bonds. The Morgan fingerprint density at radius 3 is 2.60 bits per heavy atom. The molecule has 1 aromatic heterocycles. The van der Waals surface area contributed by atoms with Crippen molar-refractivity contribution in [2.75, 3.05) is 13.2 Å². The average molecular weight is 367 g/mol. The highest BCUT2D eigenvalue weighted by Crippen LogP contribution is 2.24. The van der Waals surface area contributed by atoms with Crippen LogP contribution in [0.15, 0.2) is 24.3 Å². The number of nitrogens with zero attached hydrogens (tertiary/aromatic N) is 1. The quantitative estimate of drug-likeness (QED) is 0.812. The summed E-state index contributed by atoms with van der Waals surface area (Å²) in [6.07, 6.45) is -0.500. The SMILES string of the molecule is CCOC(=O)c1cc2ccc(Cl)cc2n1CCNC(=O)OC(C)(C)C. The number of nitrogens with one attached hydrogen (secondary N) is 1. The number of amides is 1. The molecule has 0 spiro atoms. The van der Waals surface area contributed by atoms with Gasteiger partial charge in [0.15, 0.2) is 0 Å². The Labute approximate surface area is 152 Å². The van der Waals surface area contributed by atoms with Gasteiger partial charge in [-0.05, 0) is 45.9 Å². The second kappa shape index (κ2) is 7.78. The first-order valence-corrected chi connectivity index (χ1v) is 8.52. The Kier molecular flexibility index (Phi) is 5.95. The maximum Gasteiger partial charge on any atom is 0.407 e. The van der Waals surface area contributed by atoms with Crippen LogP contribution in [-0.4, -0.2) is 35.4 Å². The largest absolute Gasteiger partial charge is 0.461 e. The molecule has 0 saturated heterocycles. The maximum atomic E-state index is 12.2. The number of benzene rings is 1. The van der Waals surface area contributed by atoms with Crippen LogP contribution in [0.1, 0.15) is 38.2 Å². The molecule has 1 aromatic carbocycles. The van der Waals surface area contributed by atoms with Crippen molar-refractivity contribution in [3.8, 4) is 0 Å². The van der Waals surface area contributed by atoms with Crippen molar-refractivity contribution in [2.45, 2.75) is 39.8 Å². The minimum absolute atomic E-state index is 0.289. The van der Waals surface area contributed by atoms with E-state index in [1.807, 2.05) is 6.07 Å². The van der Waals surface area contributed by atoms with Crippen molar-refractivity contribution in [2.24, 2.45) is 0 Å². The lowest BCUT2D eigenvalue weighted by Crippen LogP contribution is -2.34. The fourth-order valence-electron chi connectivity index (χ4n) is 2.43. The van der Waals surface area contributed by atoms with Gasteiger partial charge in [-0.3, -0.25) is 0 Å². The van der Waals surface area contributed by atoms with Gasteiger partial charge >= 0.3 is 12.1 Å². The number of halogens is 1. The van der Waals surface area contributed by atoms with Gasteiger partial charge < -0.3 is 19.4 Å². The summed E-state index contributed by atoms with van der Waals surface area (Å²) >= 11 is 6.08. The lowest BCUT2D eigenvalue weighted by atomic mass is 10.2. The zero-order valence-corrected chi connectivity index (χ0v) is 15.6. The molecule has 0 atom stereocenters. The average Bonchev–Trinajstić information content (AvgIpc) is 2.84. The first-order valence-electron chi connectivity index (χ1n) is 8.14. The number of hydrogen-bond donors (Lipinski definition) is 1. The van der Waals surface area contributed by atoms with Gasteiger partial charge in [-0.1, -0.05) is 17.7 Å². The number of hydrogen-bond acceptors (Lipinski definition) is 4. The second-order valence-corrected chi connectivity index (χ2v) is 6.97. The Morgan fingerprint density at radius 1 is 1.24 bits per heavy atom. The molecule has 2 aromatic rings. The van der Waals surface area contributed by atoms with E-state index in [9.17, 15) is 9.59 Å². The summed E-state index contributed by atoms with van der Waals surface area (Å²) in [7, 11) is 0. The van der Waals surface area contributed by atoms with Crippen LogP contribution in [0.25, 0.3) is 10.9 Å². The van der Waals surface area contributed by atoms with Crippen LogP contribution < -0.4 is 5.32 Å². The summed E-state index contributed by atoms with van der Waals surface area (Å²) < 4.78 is 12.1. The lowest BCUT2D eigenvalue weighted by Gasteiger charge is -2.20. The Balaban J connectivity index is 2.20. The number of esters is 1. The highest BCUT2D eigenvalue weighted by Gasteiger charge is 2.18. The minimum atomic E-state index is -0.562. The van der Waals surface area contributed by atoms with Gasteiger partial charge in [-0.25, -0.2) is 9.59 Å². The number of aromatic nitrogens is 1. The molecule has 1 N–H and O–H groups in total. The predicted molar refractivity (Wildman–Crippen MR) is 97.1 cm³/mol. The van der Waals surface area contributed by atoms with Crippen molar-refractivity contribution in [3.05, 3.63) is 35.0 Å². The fourth-order valence-corrected chi connectivity index (χ4v) is 2.59. The minimum Gasteiger partial charge on any atom is -0.461 e. The zero-order chi connectivity index (χ0) is 18.6. The molecule has 0 unspecified atom stereocenters. The molecule has 0 fully saturated rings. The van der Waals surface area contributed by atoms with Crippen LogP contribution in [0, 0.1) is 0 Å². The van der Waals surface area contributed by atoms with E-state index in [1.54, 1.807) is 50.5 Å². The van der Waals surface area contributed by atoms with Crippen molar-refractivity contribution in [1.82, 2.24) is 9.88 Å². The number of carbonyl (C=O) groups excluding carboxylic acids is 2. The molecule has 0 saturated carbocycles. The Morgan fingerprint density at radius 2 is 1.96 bits per heavy atom. The molecule has 2 rings (SSSR count). The summed E-state index contributed by atoms with van der Waals surface area (Å²) in [5.74, 6) is -0.410. The third-order valence-electron chi connectivity index (χ3n) is 3.35. The predicted octanol–water partition coefficient (Wildman–Crippen LogP) is 4.00. The smallest absolute Gasteiger partial charge is 0.407 e. The van der Waals surface area contributed by atoms with E-state index in [4.69, 9.17) is 21.1 Å². The molecular weight excluding hydrogens is 344 g/mol. The third-order valence-corrected chi connectivity index (χ3v) is 3.59. The highest BCUT2D eigenvalue weighted by molar-refractivity contribution is 6.31. The standard InChI is InChI=1S/C18H23ClN2O4/c1-5-24-16(22)15-10-12-6-7-13(19)11-14(12)21(15)9-8-20-17(23)25-18(2,3)4/h6-7,10-11H,5,8-9H2,1-4H3,(H,20,23). The topological polar surface area (TPSA) is 69.6 Å². The summed E-state index contributed by atoms with van der Waals surface area (Å²) in [5, 5.41) is 4.14. The molecule has 6 nitrogen and oxygen atoms in total. The molecule has 0 aliphatic rings. The number of rotatable bonds is 5. The monoisotopic (exact) mass is 366 g/mol. The van der Waals surface area contributed by atoms with E-state index in [1.165, 1.54) is 0 Å². The van der Waals surface area contributed by atoms with Gasteiger partial charge in [-0.15, -0.1) is 0 Å². The molecule has 136 valence electrons. The van der Waals surface area contributed by atoms with Gasteiger partial charge in [-0.2, -0.15) is 0 Å². The Bertz CT molecular complexity index is 777. The van der Waals surface area contributed by atoms with Crippen LogP contribution >= 0.6 is 11.6 Å². The highest BCUT2D eigenvalue weighted by atomic mass is 35.5. The van der Waals surface area contributed by atoms with Crippen LogP contribution in [0.5, 0.6) is 0 Å². The first kappa shape index (κ1) is 19.1. The van der Waals surface area contributed by atoms with E-state index in [-0.39, 0.29) is 6.61 Å². The Hall–Kier alpha value is -2.21. The molecule has 0 aliphatic heterocycles. The summed E-state index contributed by atoms with van der Waals surface area (Å²) in [5.41, 5.74) is 0.667. The summed E-state index contributed by atoms with van der Waals surface area (Å²) in [4.78, 5) is 24.0. The van der Waals surface area contributed by atoms with Crippen molar-refractivity contribution >= 4 is 34.6 Å². The maximum absolute atomic E-state index is 12.2. The van der Waals surface area contributed by atoms with Crippen LogP contribution in [-0.2, 0) is 16.0 Å². The molecule has 1 heterocycles. The summed E-state index contributed by atoms with van der Waals surface area (Å²) in [6.45, 7) is 8.13. The number of carbonyl (C=O) groups is 2. The first-order chi connectivity index (χ1) is 11.7. The molecule has 0 aliphatic carbocycles. The van der Waals surface area contributed by atoms with E-state index in [0.717, 1.165) is 10.9 Å². The van der Waals surface area contributed by atoms with Crippen LogP contribution in [0.3, 0.4) is 0 Å². The number of fused-ring (bicyclic) bond motifs is 1. The molecule has 0 bridgehead atoms. The number of ether oxygens (including phenoxy) is 2. The van der Waals surface area contributed by atoms with Crippen molar-refractivity contribution < 1.29 is 19.1 Å². The van der Waals surface area contributed by atoms with Gasteiger partial charge in [0.05, 0.1) is 12.1 Å². The van der Waals surface area contributed by atoms with E-state index in [0.29, 0.717) is 23.8 Å². The van der Waals surface area contributed by atoms with E-state index >= 15 is 0 Å². The lowest BCUT2D eigenvalue weighted by molar-refractivity contribution is 0.0514. The van der Waals surface area contributed by atoms with Gasteiger partial charge in [0.2, 0.25) is 0 Å². The molecule has 7 heteroatoms. The molecule has 0 radical (unpaired) electrons. The number of alkyl carbamates (subject to hydrolysis) is 1. The van der Waals surface area contributed by atoms with Crippen molar-refractivity contribution in [1.29, 1.82) is 0 Å². The fraction of sp³-hybridized carbons (Fsp3) is 0.444. The molecular formula is C18H23ClN2O4. The van der Waals surface area contributed by atoms with Crippen LogP contribution in [0.2, 0.25) is 5.02 Å². The second-order valence-electron chi connectivity index (χ2n) is 6.53. The third kappa shape index (κ3) is 5.13. The zero-order valence-electron chi connectivity index (χ0n) is 14.9. The van der Waals surface area contributed by atoms with Crippen LogP contribution in [0.4, 0.5) is 4.79 Å². The van der Waals surface area contributed by atoms with Gasteiger partial charge in [0.1, 0.15) is 11.3 Å². The van der Waals surface area contributed by atoms with E-state index in [2.05, 4.69) is 5.32 Å². The van der Waals surface area contributed by atoms with Gasteiger partial charge in [0, 0.05) is 23.5 Å². The normalized spacial score (nSPS) is 11.4. The van der Waals surface area contributed by atoms with Crippen molar-refractivity contribution in [3.63, 3.8) is 0 Å². The van der Waals surface area contributed by atoms with E-state index < -0.39 is 17.7 Å². The summed E-state index contributed by atoms with van der Waals surface area (Å²) in [6, 6.07) is 7.16. The van der Waals surface area contributed by atoms with Gasteiger partial charge in [0.25, 0.3) is 0 Å². The molecule has 25 heavy (non-hydrogen) atoms.